The lowest BCUT2D eigenvalue weighted by molar-refractivity contribution is -0.148. The van der Waals surface area contributed by atoms with E-state index in [0.29, 0.717) is 44.4 Å². The molecule has 1 amide bonds. The molecule has 0 aliphatic rings. The number of ether oxygens (including phenoxy) is 2. The Morgan fingerprint density at radius 3 is 2.39 bits per heavy atom. The molecule has 2 aromatic rings. The number of pyridine rings is 1. The molecule has 0 aliphatic carbocycles. The van der Waals surface area contributed by atoms with Crippen molar-refractivity contribution < 1.29 is 23.9 Å². The third kappa shape index (κ3) is 12.6. The Balaban J connectivity index is 0.00000648. The van der Waals surface area contributed by atoms with E-state index in [-0.39, 0.29) is 37.6 Å². The number of Topliss-reactive ketones (excluding diaryl/α,β-unsaturated/α-hetero) is 1. The van der Waals surface area contributed by atoms with Gasteiger partial charge in [-0.25, -0.2) is 0 Å². The smallest absolute Gasteiger partial charge is 0.309 e. The van der Waals surface area contributed by atoms with Gasteiger partial charge < -0.3 is 14.8 Å². The second kappa shape index (κ2) is 18.2. The van der Waals surface area contributed by atoms with E-state index in [9.17, 15) is 14.4 Å². The quantitative estimate of drug-likeness (QED) is 0.226. The van der Waals surface area contributed by atoms with Gasteiger partial charge in [0.1, 0.15) is 6.61 Å². The minimum atomic E-state index is -0.236. The first-order valence-corrected chi connectivity index (χ1v) is 12.5. The number of unbranched alkanes of at least 4 members (excludes halogenated alkanes) is 3. The number of nitrogens with zero attached hydrogens (tertiary/aromatic N) is 1. The van der Waals surface area contributed by atoms with Gasteiger partial charge in [0, 0.05) is 26.1 Å². The molecule has 0 aliphatic heterocycles. The SMILES string of the molecule is C.CCOC(=O)[C@@H](CCc1cncc(NC(=O)CCCCCCC(=O)COC)c1)Cc1ccccc1. The lowest BCUT2D eigenvalue weighted by Crippen LogP contribution is -2.21. The Morgan fingerprint density at radius 1 is 0.972 bits per heavy atom. The summed E-state index contributed by atoms with van der Waals surface area (Å²) in [6.07, 6.45) is 9.72. The summed E-state index contributed by atoms with van der Waals surface area (Å²) < 4.78 is 10.1. The molecule has 1 N–H and O–H groups in total. The van der Waals surface area contributed by atoms with Crippen LogP contribution in [-0.4, -0.2) is 43.0 Å². The fourth-order valence-electron chi connectivity index (χ4n) is 3.91. The molecule has 2 rings (SSSR count). The molecule has 1 aromatic carbocycles. The van der Waals surface area contributed by atoms with Gasteiger partial charge in [-0.15, -0.1) is 0 Å². The first-order chi connectivity index (χ1) is 17.0. The van der Waals surface area contributed by atoms with Gasteiger partial charge in [0.2, 0.25) is 5.91 Å². The first kappa shape index (κ1) is 31.0. The Labute approximate surface area is 216 Å². The Hall–Kier alpha value is -3.06. The Kier molecular flexibility index (Phi) is 15.7. The number of carbonyl (C=O) groups is 3. The minimum absolute atomic E-state index is 0. The maximum atomic E-state index is 12.5. The van der Waals surface area contributed by atoms with Crippen LogP contribution >= 0.6 is 0 Å². The number of aryl methyl sites for hydroxylation is 1. The highest BCUT2D eigenvalue weighted by Gasteiger charge is 2.20. The number of aromatic nitrogens is 1. The molecule has 0 spiro atoms. The maximum Gasteiger partial charge on any atom is 0.309 e. The molecule has 7 nitrogen and oxygen atoms in total. The van der Waals surface area contributed by atoms with Crippen molar-refractivity contribution in [3.05, 3.63) is 59.9 Å². The van der Waals surface area contributed by atoms with Crippen molar-refractivity contribution in [1.82, 2.24) is 4.98 Å². The normalized spacial score (nSPS) is 11.3. The predicted octanol–water partition coefficient (Wildman–Crippen LogP) is 5.57. The summed E-state index contributed by atoms with van der Waals surface area (Å²) in [5.74, 6) is -0.351. The molecule has 0 fully saturated rings. The first-order valence-electron chi connectivity index (χ1n) is 12.5. The monoisotopic (exact) mass is 498 g/mol. The van der Waals surface area contributed by atoms with Gasteiger partial charge in [0.15, 0.2) is 5.78 Å². The largest absolute Gasteiger partial charge is 0.466 e. The standard InChI is InChI=1S/C28H38N2O5.CH4/c1-3-35-28(33)24(17-22-11-7-6-8-12-22)16-15-23-18-25(20-29-19-23)30-27(32)14-10-5-4-9-13-26(31)21-34-2;/h6-8,11-12,18-20,24H,3-5,9-10,13-17,21H2,1-2H3,(H,30,32);1H4/t24-;/m0./s1. The number of methoxy groups -OCH3 is 1. The van der Waals surface area contributed by atoms with Gasteiger partial charge >= 0.3 is 5.97 Å². The molecule has 7 heteroatoms. The van der Waals surface area contributed by atoms with E-state index in [4.69, 9.17) is 9.47 Å². The average molecular weight is 499 g/mol. The minimum Gasteiger partial charge on any atom is -0.466 e. The van der Waals surface area contributed by atoms with Crippen LogP contribution in [0.1, 0.15) is 70.4 Å². The molecule has 1 heterocycles. The summed E-state index contributed by atoms with van der Waals surface area (Å²) in [6, 6.07) is 11.9. The number of rotatable bonds is 17. The van der Waals surface area contributed by atoms with Crippen LogP contribution < -0.4 is 5.32 Å². The van der Waals surface area contributed by atoms with Crippen LogP contribution in [0.5, 0.6) is 0 Å². The second-order valence-corrected chi connectivity index (χ2v) is 8.69. The van der Waals surface area contributed by atoms with Gasteiger partial charge in [-0.05, 0) is 56.2 Å². The van der Waals surface area contributed by atoms with Crippen LogP contribution in [0.25, 0.3) is 0 Å². The van der Waals surface area contributed by atoms with E-state index < -0.39 is 0 Å². The summed E-state index contributed by atoms with van der Waals surface area (Å²) in [4.78, 5) is 40.5. The fraction of sp³-hybridized carbons (Fsp3) is 0.517. The lowest BCUT2D eigenvalue weighted by Gasteiger charge is -2.16. The van der Waals surface area contributed by atoms with Crippen molar-refractivity contribution in [2.75, 3.05) is 25.6 Å². The zero-order valence-electron chi connectivity index (χ0n) is 21.0. The number of ketones is 1. The van der Waals surface area contributed by atoms with Crippen molar-refractivity contribution in [2.45, 2.75) is 72.1 Å². The van der Waals surface area contributed by atoms with E-state index in [2.05, 4.69) is 10.3 Å². The second-order valence-electron chi connectivity index (χ2n) is 8.69. The van der Waals surface area contributed by atoms with Crippen LogP contribution in [0.2, 0.25) is 0 Å². The molecule has 0 saturated heterocycles. The van der Waals surface area contributed by atoms with Crippen LogP contribution in [-0.2, 0) is 36.7 Å². The average Bonchev–Trinajstić information content (AvgIpc) is 2.85. The van der Waals surface area contributed by atoms with Gasteiger partial charge in [-0.2, -0.15) is 0 Å². The number of amides is 1. The molecular formula is C29H42N2O5. The van der Waals surface area contributed by atoms with Crippen LogP contribution in [0.4, 0.5) is 5.69 Å². The van der Waals surface area contributed by atoms with E-state index in [1.54, 1.807) is 12.4 Å². The summed E-state index contributed by atoms with van der Waals surface area (Å²) in [5.41, 5.74) is 2.73. The number of benzene rings is 1. The topological polar surface area (TPSA) is 94.6 Å². The molecular weight excluding hydrogens is 456 g/mol. The van der Waals surface area contributed by atoms with E-state index >= 15 is 0 Å². The number of hydrogen-bond acceptors (Lipinski definition) is 6. The molecule has 1 atom stereocenters. The van der Waals surface area contributed by atoms with Crippen LogP contribution in [0.3, 0.4) is 0 Å². The van der Waals surface area contributed by atoms with Crippen LogP contribution in [0.15, 0.2) is 48.8 Å². The number of hydrogen-bond donors (Lipinski definition) is 1. The van der Waals surface area contributed by atoms with E-state index in [1.807, 2.05) is 43.3 Å². The van der Waals surface area contributed by atoms with Crippen molar-refractivity contribution in [3.8, 4) is 0 Å². The van der Waals surface area contributed by atoms with Gasteiger partial charge in [-0.3, -0.25) is 19.4 Å². The van der Waals surface area contributed by atoms with E-state index in [1.165, 1.54) is 7.11 Å². The molecule has 0 bridgehead atoms. The molecule has 0 saturated carbocycles. The van der Waals surface area contributed by atoms with Crippen molar-refractivity contribution in [1.29, 1.82) is 0 Å². The maximum absolute atomic E-state index is 12.5. The summed E-state index contributed by atoms with van der Waals surface area (Å²) in [7, 11) is 1.52. The lowest BCUT2D eigenvalue weighted by atomic mass is 9.93. The van der Waals surface area contributed by atoms with E-state index in [0.717, 1.165) is 36.8 Å². The summed E-state index contributed by atoms with van der Waals surface area (Å²) in [6.45, 7) is 2.35. The van der Waals surface area contributed by atoms with Crippen LogP contribution in [0, 0.1) is 5.92 Å². The Bertz CT molecular complexity index is 917. The molecule has 0 unspecified atom stereocenters. The highest BCUT2D eigenvalue weighted by Crippen LogP contribution is 2.19. The number of esters is 1. The van der Waals surface area contributed by atoms with Gasteiger partial charge in [-0.1, -0.05) is 50.6 Å². The summed E-state index contributed by atoms with van der Waals surface area (Å²) >= 11 is 0. The van der Waals surface area contributed by atoms with Gasteiger partial charge in [0.05, 0.1) is 24.4 Å². The number of carbonyl (C=O) groups excluding carboxylic acids is 3. The Morgan fingerprint density at radius 2 is 1.69 bits per heavy atom. The predicted molar refractivity (Wildman–Crippen MR) is 143 cm³/mol. The van der Waals surface area contributed by atoms with Crippen molar-refractivity contribution in [2.24, 2.45) is 5.92 Å². The third-order valence-electron chi connectivity index (χ3n) is 5.72. The fourth-order valence-corrected chi connectivity index (χ4v) is 3.91. The highest BCUT2D eigenvalue weighted by atomic mass is 16.5. The molecule has 198 valence electrons. The molecule has 1 aromatic heterocycles. The van der Waals surface area contributed by atoms with Gasteiger partial charge in [0.25, 0.3) is 0 Å². The third-order valence-corrected chi connectivity index (χ3v) is 5.72. The zero-order valence-corrected chi connectivity index (χ0v) is 21.0. The molecule has 0 radical (unpaired) electrons. The summed E-state index contributed by atoms with van der Waals surface area (Å²) in [5, 5.41) is 2.92. The zero-order chi connectivity index (χ0) is 25.3. The number of nitrogens with one attached hydrogen (secondary N) is 1. The number of anilines is 1. The molecule has 36 heavy (non-hydrogen) atoms. The van der Waals surface area contributed by atoms with Crippen molar-refractivity contribution in [3.63, 3.8) is 0 Å². The highest BCUT2D eigenvalue weighted by molar-refractivity contribution is 5.90. The van der Waals surface area contributed by atoms with Crippen molar-refractivity contribution >= 4 is 23.3 Å².